The van der Waals surface area contributed by atoms with Gasteiger partial charge in [0.25, 0.3) is 0 Å². The van der Waals surface area contributed by atoms with Crippen molar-refractivity contribution in [3.05, 3.63) is 181 Å². The van der Waals surface area contributed by atoms with Gasteiger partial charge >= 0.3 is 0 Å². The summed E-state index contributed by atoms with van der Waals surface area (Å²) in [6.07, 6.45) is 0.661. The minimum absolute atomic E-state index is 0.347. The number of rotatable bonds is 8. The second-order valence-corrected chi connectivity index (χ2v) is 18.1. The maximum absolute atomic E-state index is 6.66. The van der Waals surface area contributed by atoms with Crippen molar-refractivity contribution in [2.24, 2.45) is 0 Å². The van der Waals surface area contributed by atoms with Gasteiger partial charge in [-0.3, -0.25) is 0 Å². The number of hydrogen-bond acceptors (Lipinski definition) is 8. The van der Waals surface area contributed by atoms with Crippen LogP contribution in [0.5, 0.6) is 0 Å². The van der Waals surface area contributed by atoms with Crippen LogP contribution in [-0.2, 0) is 17.3 Å². The highest BCUT2D eigenvalue weighted by molar-refractivity contribution is 6.13. The number of aromatic nitrogens is 6. The fraction of sp³-hybridized carbons (Fsp3) is 0.143. The largest absolute Gasteiger partial charge is 0.456 e. The lowest BCUT2D eigenvalue weighted by atomic mass is 9.84. The lowest BCUT2D eigenvalue weighted by Gasteiger charge is -2.24. The summed E-state index contributed by atoms with van der Waals surface area (Å²) in [7, 11) is 0. The molecule has 0 amide bonds. The maximum Gasteiger partial charge on any atom is 0.164 e. The number of hydrogen-bond donors (Lipinski definition) is 0. The summed E-state index contributed by atoms with van der Waals surface area (Å²) < 4.78 is 12.9. The van der Waals surface area contributed by atoms with E-state index in [-0.39, 0.29) is 5.41 Å². The van der Waals surface area contributed by atoms with Crippen molar-refractivity contribution in [1.82, 2.24) is 29.9 Å². The molecule has 0 fully saturated rings. The molecule has 7 aromatic carbocycles. The molecule has 0 radical (unpaired) electrons. The van der Waals surface area contributed by atoms with Crippen LogP contribution in [0.4, 0.5) is 0 Å². The second kappa shape index (κ2) is 15.2. The van der Waals surface area contributed by atoms with Crippen molar-refractivity contribution < 1.29 is 8.83 Å². The van der Waals surface area contributed by atoms with E-state index >= 15 is 0 Å². The van der Waals surface area contributed by atoms with Crippen LogP contribution in [0.3, 0.4) is 0 Å². The van der Waals surface area contributed by atoms with E-state index in [9.17, 15) is 0 Å². The molecule has 0 N–H and O–H groups in total. The molecule has 64 heavy (non-hydrogen) atoms. The molecule has 0 saturated heterocycles. The predicted octanol–water partition coefficient (Wildman–Crippen LogP) is 14.0. The lowest BCUT2D eigenvalue weighted by Crippen LogP contribution is -2.25. The van der Waals surface area contributed by atoms with Crippen LogP contribution >= 0.6 is 0 Å². The summed E-state index contributed by atoms with van der Waals surface area (Å²) in [6.45, 7) is 10.8. The molecule has 11 rings (SSSR count). The highest BCUT2D eigenvalue weighted by atomic mass is 16.3. The van der Waals surface area contributed by atoms with E-state index < -0.39 is 5.41 Å². The van der Waals surface area contributed by atoms with Crippen molar-refractivity contribution in [3.63, 3.8) is 0 Å². The third kappa shape index (κ3) is 7.07. The molecule has 0 bridgehead atoms. The normalized spacial score (nSPS) is 12.2. The fourth-order valence-electron chi connectivity index (χ4n) is 8.66. The van der Waals surface area contributed by atoms with Crippen LogP contribution in [0, 0.1) is 0 Å². The first-order valence-electron chi connectivity index (χ1n) is 21.7. The Morgan fingerprint density at radius 3 is 1.55 bits per heavy atom. The Balaban J connectivity index is 0.986. The van der Waals surface area contributed by atoms with Crippen LogP contribution < -0.4 is 0 Å². The van der Waals surface area contributed by atoms with Gasteiger partial charge in [0.15, 0.2) is 23.3 Å². The summed E-state index contributed by atoms with van der Waals surface area (Å²) in [5, 5.41) is 3.95. The summed E-state index contributed by atoms with van der Waals surface area (Å²) in [4.78, 5) is 30.8. The van der Waals surface area contributed by atoms with Gasteiger partial charge < -0.3 is 8.83 Å². The number of furan rings is 2. The van der Waals surface area contributed by atoms with E-state index in [1.807, 2.05) is 78.9 Å². The molecular formula is C56H44N6O2. The third-order valence-corrected chi connectivity index (χ3v) is 11.9. The molecule has 310 valence electrons. The SMILES string of the molecule is CC(C)(C)c1nc(-c2cccc3oc4ccccc4c23)nc(-c2cccc3oc4cc(CC(C)(C)c5nc(-c6ccccc6)nc(-c6cccc(-c7ccccc7)c6)n5)ccc4c23)n1. The van der Waals surface area contributed by atoms with Crippen LogP contribution in [0.25, 0.3) is 101 Å². The van der Waals surface area contributed by atoms with Gasteiger partial charge in [-0.2, -0.15) is 0 Å². The van der Waals surface area contributed by atoms with Crippen LogP contribution in [0.15, 0.2) is 173 Å². The zero-order valence-electron chi connectivity index (χ0n) is 36.3. The van der Waals surface area contributed by atoms with Gasteiger partial charge in [0.2, 0.25) is 0 Å². The molecule has 0 unspecified atom stereocenters. The molecule has 4 heterocycles. The molecule has 0 atom stereocenters. The smallest absolute Gasteiger partial charge is 0.164 e. The minimum Gasteiger partial charge on any atom is -0.456 e. The third-order valence-electron chi connectivity index (χ3n) is 11.9. The van der Waals surface area contributed by atoms with Gasteiger partial charge in [0.05, 0.1) is 0 Å². The van der Waals surface area contributed by atoms with Gasteiger partial charge in [-0.25, -0.2) is 29.9 Å². The quantitative estimate of drug-likeness (QED) is 0.149. The first kappa shape index (κ1) is 39.0. The molecule has 8 nitrogen and oxygen atoms in total. The van der Waals surface area contributed by atoms with E-state index in [1.54, 1.807) is 0 Å². The summed E-state index contributed by atoms with van der Waals surface area (Å²) >= 11 is 0. The van der Waals surface area contributed by atoms with E-state index in [0.29, 0.717) is 41.4 Å². The summed E-state index contributed by atoms with van der Waals surface area (Å²) in [6, 6.07) is 55.7. The lowest BCUT2D eigenvalue weighted by molar-refractivity contribution is 0.485. The van der Waals surface area contributed by atoms with Gasteiger partial charge in [0, 0.05) is 54.6 Å². The van der Waals surface area contributed by atoms with E-state index in [4.69, 9.17) is 38.7 Å². The Kier molecular flexibility index (Phi) is 9.27. The topological polar surface area (TPSA) is 104 Å². The molecular weight excluding hydrogens is 789 g/mol. The Morgan fingerprint density at radius 1 is 0.375 bits per heavy atom. The van der Waals surface area contributed by atoms with E-state index in [2.05, 4.69) is 120 Å². The fourth-order valence-corrected chi connectivity index (χ4v) is 8.66. The molecule has 0 aliphatic heterocycles. The summed E-state index contributed by atoms with van der Waals surface area (Å²) in [5.74, 6) is 3.89. The number of para-hydroxylation sites is 1. The van der Waals surface area contributed by atoms with Crippen molar-refractivity contribution in [2.75, 3.05) is 0 Å². The highest BCUT2D eigenvalue weighted by Gasteiger charge is 2.29. The van der Waals surface area contributed by atoms with Crippen molar-refractivity contribution >= 4 is 43.9 Å². The van der Waals surface area contributed by atoms with Gasteiger partial charge in [-0.1, -0.05) is 168 Å². The van der Waals surface area contributed by atoms with Crippen LogP contribution in [-0.4, -0.2) is 29.9 Å². The first-order valence-corrected chi connectivity index (χ1v) is 21.7. The Labute approximate surface area is 370 Å². The molecule has 0 aliphatic carbocycles. The zero-order chi connectivity index (χ0) is 43.6. The zero-order valence-corrected chi connectivity index (χ0v) is 36.3. The summed E-state index contributed by atoms with van der Waals surface area (Å²) in [5.41, 5.74) is 9.34. The Hall–Kier alpha value is -7.84. The number of benzene rings is 7. The van der Waals surface area contributed by atoms with Gasteiger partial charge in [-0.15, -0.1) is 0 Å². The standard InChI is InChI=1S/C56H44N6O2/c1-55(2,3)53-61-51(41-24-15-27-44-47(41)39-23-12-13-26-43(39)63-44)58-52(62-53)42-25-16-28-45-48(42)40-30-29-34(31-46(40)64-45)33-56(4,5)54-59-49(36-19-10-7-11-20-36)57-50(60-54)38-22-14-21-37(32-38)35-17-8-6-9-18-35/h6-32H,33H2,1-5H3. The van der Waals surface area contributed by atoms with Gasteiger partial charge in [0.1, 0.15) is 34.0 Å². The highest BCUT2D eigenvalue weighted by Crippen LogP contribution is 2.40. The number of nitrogens with zero attached hydrogens (tertiary/aromatic N) is 6. The van der Waals surface area contributed by atoms with Crippen molar-refractivity contribution in [3.8, 4) is 56.7 Å². The van der Waals surface area contributed by atoms with Crippen molar-refractivity contribution in [1.29, 1.82) is 0 Å². The second-order valence-electron chi connectivity index (χ2n) is 18.1. The van der Waals surface area contributed by atoms with Crippen LogP contribution in [0.1, 0.15) is 51.8 Å². The monoisotopic (exact) mass is 832 g/mol. The molecule has 0 spiro atoms. The Morgan fingerprint density at radius 2 is 0.875 bits per heavy atom. The van der Waals surface area contributed by atoms with Crippen molar-refractivity contribution in [2.45, 2.75) is 51.9 Å². The first-order chi connectivity index (χ1) is 31.1. The predicted molar refractivity (Wildman–Crippen MR) is 257 cm³/mol. The Bertz CT molecular complexity index is 3550. The maximum atomic E-state index is 6.66. The molecule has 0 aliphatic rings. The number of fused-ring (bicyclic) bond motifs is 6. The average molecular weight is 833 g/mol. The molecule has 8 heteroatoms. The van der Waals surface area contributed by atoms with E-state index in [0.717, 1.165) is 82.8 Å². The molecule has 11 aromatic rings. The van der Waals surface area contributed by atoms with Crippen LogP contribution in [0.2, 0.25) is 0 Å². The molecule has 0 saturated carbocycles. The molecule has 4 aromatic heterocycles. The average Bonchev–Trinajstić information content (AvgIpc) is 3.90. The van der Waals surface area contributed by atoms with E-state index in [1.165, 1.54) is 0 Å². The van der Waals surface area contributed by atoms with Gasteiger partial charge in [-0.05, 0) is 53.4 Å². The minimum atomic E-state index is -0.475.